The maximum Gasteiger partial charge on any atom is 0.138 e. The van der Waals surface area contributed by atoms with E-state index in [0.717, 1.165) is 22.4 Å². The molecule has 3 heteroatoms. The van der Waals surface area contributed by atoms with Gasteiger partial charge in [0.2, 0.25) is 0 Å². The number of pyridine rings is 1. The second-order valence-corrected chi connectivity index (χ2v) is 4.25. The third-order valence-electron chi connectivity index (χ3n) is 2.79. The summed E-state index contributed by atoms with van der Waals surface area (Å²) in [6.07, 6.45) is 3.56. The first-order valence-electron chi connectivity index (χ1n) is 6.14. The van der Waals surface area contributed by atoms with Crippen molar-refractivity contribution in [3.8, 4) is 16.9 Å². The number of nitrogens with two attached hydrogens (primary N) is 1. The molecule has 1 aromatic carbocycles. The summed E-state index contributed by atoms with van der Waals surface area (Å²) in [4.78, 5) is 4.19. The van der Waals surface area contributed by atoms with Crippen LogP contribution in [0.3, 0.4) is 0 Å². The quantitative estimate of drug-likeness (QED) is 0.895. The van der Waals surface area contributed by atoms with Crippen molar-refractivity contribution in [2.24, 2.45) is 5.73 Å². The molecule has 0 fully saturated rings. The molecule has 1 atom stereocenters. The maximum absolute atomic E-state index is 5.83. The van der Waals surface area contributed by atoms with Crippen molar-refractivity contribution in [1.29, 1.82) is 0 Å². The Morgan fingerprint density at radius 1 is 1.17 bits per heavy atom. The number of benzene rings is 1. The van der Waals surface area contributed by atoms with Crippen LogP contribution in [0.5, 0.6) is 5.75 Å². The normalized spacial score (nSPS) is 12.2. The lowest BCUT2D eigenvalue weighted by Crippen LogP contribution is -2.04. The first kappa shape index (κ1) is 12.6. The van der Waals surface area contributed by atoms with Gasteiger partial charge in [0.05, 0.1) is 12.8 Å². The van der Waals surface area contributed by atoms with Crippen molar-refractivity contribution in [2.45, 2.75) is 19.9 Å². The van der Waals surface area contributed by atoms with E-state index in [4.69, 9.17) is 10.5 Å². The van der Waals surface area contributed by atoms with Gasteiger partial charge in [-0.1, -0.05) is 24.3 Å². The summed E-state index contributed by atoms with van der Waals surface area (Å²) in [5, 5.41) is 0. The van der Waals surface area contributed by atoms with Crippen LogP contribution < -0.4 is 10.5 Å². The molecular formula is C15H18N2O. The highest BCUT2D eigenvalue weighted by atomic mass is 16.5. The van der Waals surface area contributed by atoms with Gasteiger partial charge < -0.3 is 10.5 Å². The Morgan fingerprint density at radius 2 is 1.89 bits per heavy atom. The average molecular weight is 242 g/mol. The SMILES string of the molecule is CCOc1cncc(-c2ccc(C(C)N)cc2)c1. The molecule has 0 bridgehead atoms. The molecule has 1 aromatic heterocycles. The zero-order valence-electron chi connectivity index (χ0n) is 10.8. The number of hydrogen-bond acceptors (Lipinski definition) is 3. The largest absolute Gasteiger partial charge is 0.492 e. The molecule has 2 aromatic rings. The predicted octanol–water partition coefficient (Wildman–Crippen LogP) is 3.17. The van der Waals surface area contributed by atoms with Gasteiger partial charge in [-0.2, -0.15) is 0 Å². The van der Waals surface area contributed by atoms with Gasteiger partial charge in [0, 0.05) is 17.8 Å². The summed E-state index contributed by atoms with van der Waals surface area (Å²) in [5.74, 6) is 0.797. The molecule has 0 radical (unpaired) electrons. The van der Waals surface area contributed by atoms with Crippen LogP contribution in [0, 0.1) is 0 Å². The highest BCUT2D eigenvalue weighted by Crippen LogP contribution is 2.23. The van der Waals surface area contributed by atoms with Gasteiger partial charge in [-0.3, -0.25) is 4.98 Å². The molecule has 0 saturated heterocycles. The lowest BCUT2D eigenvalue weighted by molar-refractivity contribution is 0.339. The molecule has 0 aliphatic rings. The first-order chi connectivity index (χ1) is 8.70. The van der Waals surface area contributed by atoms with Crippen LogP contribution in [0.4, 0.5) is 0 Å². The predicted molar refractivity (Wildman–Crippen MR) is 73.4 cm³/mol. The fourth-order valence-corrected chi connectivity index (χ4v) is 1.80. The van der Waals surface area contributed by atoms with E-state index >= 15 is 0 Å². The number of rotatable bonds is 4. The van der Waals surface area contributed by atoms with E-state index in [9.17, 15) is 0 Å². The van der Waals surface area contributed by atoms with E-state index in [-0.39, 0.29) is 6.04 Å². The van der Waals surface area contributed by atoms with Gasteiger partial charge in [-0.25, -0.2) is 0 Å². The minimum Gasteiger partial charge on any atom is -0.492 e. The number of hydrogen-bond donors (Lipinski definition) is 1. The van der Waals surface area contributed by atoms with Gasteiger partial charge in [0.1, 0.15) is 5.75 Å². The molecule has 94 valence electrons. The van der Waals surface area contributed by atoms with Gasteiger partial charge in [-0.15, -0.1) is 0 Å². The molecule has 2 rings (SSSR count). The Bertz CT molecular complexity index is 506. The fraction of sp³-hybridized carbons (Fsp3) is 0.267. The van der Waals surface area contributed by atoms with E-state index in [0.29, 0.717) is 6.61 Å². The van der Waals surface area contributed by atoms with Crippen LogP contribution in [0.15, 0.2) is 42.7 Å². The lowest BCUT2D eigenvalue weighted by atomic mass is 10.0. The molecule has 1 unspecified atom stereocenters. The minimum atomic E-state index is 0.0620. The standard InChI is InChI=1S/C15H18N2O/c1-3-18-15-8-14(9-17-10-15)13-6-4-12(5-7-13)11(2)16/h4-11H,3,16H2,1-2H3. The average Bonchev–Trinajstić information content (AvgIpc) is 2.39. The van der Waals surface area contributed by atoms with Crippen LogP contribution in [0.1, 0.15) is 25.5 Å². The Morgan fingerprint density at radius 3 is 2.50 bits per heavy atom. The van der Waals surface area contributed by atoms with Crippen molar-refractivity contribution < 1.29 is 4.74 Å². The zero-order chi connectivity index (χ0) is 13.0. The van der Waals surface area contributed by atoms with E-state index < -0.39 is 0 Å². The number of ether oxygens (including phenoxy) is 1. The molecular weight excluding hydrogens is 224 g/mol. The molecule has 0 aliphatic heterocycles. The van der Waals surface area contributed by atoms with E-state index in [1.54, 1.807) is 6.20 Å². The highest BCUT2D eigenvalue weighted by molar-refractivity contribution is 5.64. The topological polar surface area (TPSA) is 48.1 Å². The van der Waals surface area contributed by atoms with Gasteiger partial charge in [0.15, 0.2) is 0 Å². The molecule has 3 nitrogen and oxygen atoms in total. The molecule has 1 heterocycles. The van der Waals surface area contributed by atoms with Crippen LogP contribution in [-0.4, -0.2) is 11.6 Å². The summed E-state index contributed by atoms with van der Waals surface area (Å²) >= 11 is 0. The molecule has 0 amide bonds. The Hall–Kier alpha value is -1.87. The third kappa shape index (κ3) is 2.87. The second kappa shape index (κ2) is 5.65. The summed E-state index contributed by atoms with van der Waals surface area (Å²) in [6, 6.07) is 10.3. The number of nitrogens with zero attached hydrogens (tertiary/aromatic N) is 1. The highest BCUT2D eigenvalue weighted by Gasteiger charge is 2.03. The molecule has 18 heavy (non-hydrogen) atoms. The summed E-state index contributed by atoms with van der Waals surface area (Å²) in [5.41, 5.74) is 9.14. The van der Waals surface area contributed by atoms with Crippen LogP contribution in [0.25, 0.3) is 11.1 Å². The maximum atomic E-state index is 5.83. The van der Waals surface area contributed by atoms with E-state index in [1.807, 2.05) is 38.2 Å². The van der Waals surface area contributed by atoms with Crippen molar-refractivity contribution in [3.63, 3.8) is 0 Å². The first-order valence-corrected chi connectivity index (χ1v) is 6.14. The Labute approximate surface area is 108 Å². The molecule has 0 spiro atoms. The lowest BCUT2D eigenvalue weighted by Gasteiger charge is -2.08. The van der Waals surface area contributed by atoms with E-state index in [1.165, 1.54) is 0 Å². The third-order valence-corrected chi connectivity index (χ3v) is 2.79. The van der Waals surface area contributed by atoms with Crippen molar-refractivity contribution in [2.75, 3.05) is 6.61 Å². The number of aromatic nitrogens is 1. The van der Waals surface area contributed by atoms with E-state index in [2.05, 4.69) is 17.1 Å². The van der Waals surface area contributed by atoms with Crippen LogP contribution >= 0.6 is 0 Å². The Kier molecular flexibility index (Phi) is 3.95. The monoisotopic (exact) mass is 242 g/mol. The van der Waals surface area contributed by atoms with Gasteiger partial charge in [-0.05, 0) is 31.0 Å². The fourth-order valence-electron chi connectivity index (χ4n) is 1.80. The Balaban J connectivity index is 2.27. The summed E-state index contributed by atoms with van der Waals surface area (Å²) in [7, 11) is 0. The summed E-state index contributed by atoms with van der Waals surface area (Å²) in [6.45, 7) is 4.59. The zero-order valence-corrected chi connectivity index (χ0v) is 10.8. The summed E-state index contributed by atoms with van der Waals surface area (Å²) < 4.78 is 5.45. The van der Waals surface area contributed by atoms with Crippen LogP contribution in [0.2, 0.25) is 0 Å². The second-order valence-electron chi connectivity index (χ2n) is 4.25. The van der Waals surface area contributed by atoms with Gasteiger partial charge in [0.25, 0.3) is 0 Å². The van der Waals surface area contributed by atoms with Gasteiger partial charge >= 0.3 is 0 Å². The van der Waals surface area contributed by atoms with Crippen LogP contribution in [-0.2, 0) is 0 Å². The van der Waals surface area contributed by atoms with Crippen molar-refractivity contribution >= 4 is 0 Å². The van der Waals surface area contributed by atoms with Crippen molar-refractivity contribution in [3.05, 3.63) is 48.3 Å². The minimum absolute atomic E-state index is 0.0620. The molecule has 2 N–H and O–H groups in total. The van der Waals surface area contributed by atoms with Crippen molar-refractivity contribution in [1.82, 2.24) is 4.98 Å². The molecule has 0 saturated carbocycles. The smallest absolute Gasteiger partial charge is 0.138 e. The molecule has 0 aliphatic carbocycles.